The fourth-order valence-corrected chi connectivity index (χ4v) is 5.24. The molecule has 1 aliphatic rings. The molecule has 1 aliphatic heterocycles. The number of ether oxygens (including phenoxy) is 1. The molecule has 3 heterocycles. The highest BCUT2D eigenvalue weighted by Gasteiger charge is 2.41. The third kappa shape index (κ3) is 2.91. The lowest BCUT2D eigenvalue weighted by atomic mass is 10.0. The Bertz CT molecular complexity index is 1020. The van der Waals surface area contributed by atoms with E-state index in [9.17, 15) is 8.42 Å². The van der Waals surface area contributed by atoms with Crippen LogP contribution in [0.15, 0.2) is 45.1 Å². The summed E-state index contributed by atoms with van der Waals surface area (Å²) in [6.45, 7) is 2.47. The Hall–Kier alpha value is -2.23. The van der Waals surface area contributed by atoms with Gasteiger partial charge in [0.05, 0.1) is 17.9 Å². The molecule has 1 aromatic carbocycles. The molecule has 1 fully saturated rings. The van der Waals surface area contributed by atoms with E-state index in [1.165, 1.54) is 22.8 Å². The maximum Gasteiger partial charge on any atom is 0.246 e. The lowest BCUT2D eigenvalue weighted by Gasteiger charge is -2.36. The normalized spacial score (nSPS) is 15.8. The first-order valence-corrected chi connectivity index (χ1v) is 10.3. The monoisotopic (exact) mass is 391 g/mol. The predicted octanol–water partition coefficient (Wildman–Crippen LogP) is 2.90. The van der Waals surface area contributed by atoms with E-state index in [-0.39, 0.29) is 10.8 Å². The third-order valence-corrected chi connectivity index (χ3v) is 7.04. The van der Waals surface area contributed by atoms with E-state index in [0.717, 1.165) is 10.4 Å². The molecule has 0 N–H and O–H groups in total. The Morgan fingerprint density at radius 2 is 2.12 bits per heavy atom. The van der Waals surface area contributed by atoms with Gasteiger partial charge in [-0.25, -0.2) is 8.42 Å². The first kappa shape index (κ1) is 17.2. The van der Waals surface area contributed by atoms with Gasteiger partial charge < -0.3 is 9.26 Å². The molecule has 0 aliphatic carbocycles. The van der Waals surface area contributed by atoms with Crippen LogP contribution in [0, 0.1) is 6.92 Å². The second-order valence-electron chi connectivity index (χ2n) is 6.11. The third-order valence-electron chi connectivity index (χ3n) is 4.32. The zero-order chi connectivity index (χ0) is 18.3. The van der Waals surface area contributed by atoms with Crippen LogP contribution < -0.4 is 4.74 Å². The molecular formula is C17H17N3O4S2. The van der Waals surface area contributed by atoms with E-state index in [1.54, 1.807) is 12.1 Å². The zero-order valence-corrected chi connectivity index (χ0v) is 15.9. The minimum absolute atomic E-state index is 0.0956. The Balaban J connectivity index is 1.52. The molecule has 0 atom stereocenters. The Morgan fingerprint density at radius 1 is 1.31 bits per heavy atom. The molecule has 0 unspecified atom stereocenters. The molecule has 7 nitrogen and oxygen atoms in total. The highest BCUT2D eigenvalue weighted by molar-refractivity contribution is 7.89. The van der Waals surface area contributed by atoms with Crippen LogP contribution in [-0.4, -0.2) is 43.1 Å². The summed E-state index contributed by atoms with van der Waals surface area (Å²) in [5.74, 6) is 1.26. The van der Waals surface area contributed by atoms with Crippen LogP contribution in [0.5, 0.6) is 5.75 Å². The van der Waals surface area contributed by atoms with Crippen LogP contribution in [0.25, 0.3) is 10.7 Å². The van der Waals surface area contributed by atoms with Crippen LogP contribution in [0.1, 0.15) is 17.4 Å². The number of sulfonamides is 1. The molecule has 3 aromatic rings. The summed E-state index contributed by atoms with van der Waals surface area (Å²) < 4.78 is 37.7. The number of hydrogen-bond donors (Lipinski definition) is 0. The quantitative estimate of drug-likeness (QED) is 0.665. The molecule has 0 saturated carbocycles. The second kappa shape index (κ2) is 6.49. The van der Waals surface area contributed by atoms with Gasteiger partial charge >= 0.3 is 0 Å². The van der Waals surface area contributed by atoms with Crippen molar-refractivity contribution >= 4 is 21.4 Å². The minimum Gasteiger partial charge on any atom is -0.495 e. The number of rotatable bonds is 5. The molecular weight excluding hydrogens is 374 g/mol. The molecule has 2 aromatic heterocycles. The number of aryl methyl sites for hydroxylation is 1. The summed E-state index contributed by atoms with van der Waals surface area (Å²) in [6, 6.07) is 8.96. The number of nitrogens with zero attached hydrogens (tertiary/aromatic N) is 3. The summed E-state index contributed by atoms with van der Waals surface area (Å²) in [7, 11) is -2.16. The lowest BCUT2D eigenvalue weighted by molar-refractivity contribution is 0.216. The summed E-state index contributed by atoms with van der Waals surface area (Å²) in [4.78, 5) is 5.51. The van der Waals surface area contributed by atoms with E-state index in [2.05, 4.69) is 10.1 Å². The molecule has 26 heavy (non-hydrogen) atoms. The molecule has 4 rings (SSSR count). The lowest BCUT2D eigenvalue weighted by Crippen LogP contribution is -2.48. The topological polar surface area (TPSA) is 85.5 Å². The van der Waals surface area contributed by atoms with Crippen molar-refractivity contribution in [2.45, 2.75) is 17.7 Å². The van der Waals surface area contributed by atoms with Crippen LogP contribution in [0.2, 0.25) is 0 Å². The number of aromatic nitrogens is 2. The Morgan fingerprint density at radius 3 is 2.81 bits per heavy atom. The molecule has 0 spiro atoms. The van der Waals surface area contributed by atoms with E-state index in [0.29, 0.717) is 30.6 Å². The van der Waals surface area contributed by atoms with Crippen molar-refractivity contribution in [2.75, 3.05) is 20.2 Å². The van der Waals surface area contributed by atoms with Crippen molar-refractivity contribution < 1.29 is 17.7 Å². The largest absolute Gasteiger partial charge is 0.495 e. The average molecular weight is 391 g/mol. The Kier molecular flexibility index (Phi) is 4.29. The summed E-state index contributed by atoms with van der Waals surface area (Å²) in [6.07, 6.45) is 0. The molecule has 0 amide bonds. The van der Waals surface area contributed by atoms with Crippen LogP contribution in [-0.2, 0) is 10.0 Å². The highest BCUT2D eigenvalue weighted by Crippen LogP contribution is 2.35. The number of thiophene rings is 1. The van der Waals surface area contributed by atoms with Gasteiger partial charge in [-0.05, 0) is 36.1 Å². The van der Waals surface area contributed by atoms with E-state index < -0.39 is 10.0 Å². The maximum absolute atomic E-state index is 12.9. The fourth-order valence-electron chi connectivity index (χ4n) is 2.82. The van der Waals surface area contributed by atoms with Crippen LogP contribution >= 0.6 is 11.3 Å². The first-order valence-electron chi connectivity index (χ1n) is 8.01. The zero-order valence-electron chi connectivity index (χ0n) is 14.2. The molecule has 1 saturated heterocycles. The summed E-state index contributed by atoms with van der Waals surface area (Å²) in [5.41, 5.74) is 0.860. The van der Waals surface area contributed by atoms with Gasteiger partial charge in [-0.2, -0.15) is 9.29 Å². The average Bonchev–Trinajstić information content (AvgIpc) is 3.24. The summed E-state index contributed by atoms with van der Waals surface area (Å²) >= 11 is 1.53. The maximum atomic E-state index is 12.9. The van der Waals surface area contributed by atoms with Crippen LogP contribution in [0.3, 0.4) is 0 Å². The van der Waals surface area contributed by atoms with E-state index in [4.69, 9.17) is 9.26 Å². The first-order chi connectivity index (χ1) is 12.5. The summed E-state index contributed by atoms with van der Waals surface area (Å²) in [5, 5.41) is 5.92. The number of hydrogen-bond acceptors (Lipinski definition) is 7. The van der Waals surface area contributed by atoms with E-state index in [1.807, 2.05) is 30.5 Å². The Labute approximate surface area is 155 Å². The van der Waals surface area contributed by atoms with Crippen molar-refractivity contribution in [3.05, 3.63) is 47.2 Å². The number of benzene rings is 1. The van der Waals surface area contributed by atoms with Crippen molar-refractivity contribution in [3.63, 3.8) is 0 Å². The van der Waals surface area contributed by atoms with Gasteiger partial charge in [-0.3, -0.25) is 0 Å². The van der Waals surface area contributed by atoms with Crippen molar-refractivity contribution in [3.8, 4) is 16.5 Å². The standard InChI is InChI=1S/C17H17N3O4S2/c1-11-5-6-13(23-2)15(8-11)26(21,22)20-9-12(10-20)17-18-16(19-24-17)14-4-3-7-25-14/h3-8,12H,9-10H2,1-2H3. The van der Waals surface area contributed by atoms with Crippen molar-refractivity contribution in [2.24, 2.45) is 0 Å². The molecule has 136 valence electrons. The highest BCUT2D eigenvalue weighted by atomic mass is 32.2. The van der Waals surface area contributed by atoms with Gasteiger partial charge in [-0.15, -0.1) is 11.3 Å². The van der Waals surface area contributed by atoms with Gasteiger partial charge in [0, 0.05) is 13.1 Å². The minimum atomic E-state index is -3.62. The van der Waals surface area contributed by atoms with Gasteiger partial charge in [0.2, 0.25) is 21.7 Å². The van der Waals surface area contributed by atoms with E-state index >= 15 is 0 Å². The second-order valence-corrected chi connectivity index (χ2v) is 8.96. The van der Waals surface area contributed by atoms with Crippen molar-refractivity contribution in [1.29, 1.82) is 0 Å². The molecule has 0 radical (unpaired) electrons. The van der Waals surface area contributed by atoms with Crippen molar-refractivity contribution in [1.82, 2.24) is 14.4 Å². The molecule has 0 bridgehead atoms. The van der Waals surface area contributed by atoms with Gasteiger partial charge in [0.15, 0.2) is 0 Å². The molecule has 9 heteroatoms. The van der Waals surface area contributed by atoms with Gasteiger partial charge in [0.1, 0.15) is 10.6 Å². The number of methoxy groups -OCH3 is 1. The van der Waals surface area contributed by atoms with Crippen LogP contribution in [0.4, 0.5) is 0 Å². The SMILES string of the molecule is COc1ccc(C)cc1S(=O)(=O)N1CC(c2nc(-c3cccs3)no2)C1. The fraction of sp³-hybridized carbons (Fsp3) is 0.294. The smallest absolute Gasteiger partial charge is 0.246 e. The van der Waals surface area contributed by atoms with Gasteiger partial charge in [0.25, 0.3) is 0 Å². The van der Waals surface area contributed by atoms with Gasteiger partial charge in [-0.1, -0.05) is 17.3 Å². The predicted molar refractivity (Wildman–Crippen MR) is 96.8 cm³/mol.